The Hall–Kier alpha value is -2.33. The number of carbonyl (C=O) groups is 1. The van der Waals surface area contributed by atoms with Crippen LogP contribution in [0.1, 0.15) is 31.4 Å². The Morgan fingerprint density at radius 1 is 1.20 bits per heavy atom. The summed E-state index contributed by atoms with van der Waals surface area (Å²) in [6.07, 6.45) is 1.46. The molecule has 4 heteroatoms. The van der Waals surface area contributed by atoms with Crippen molar-refractivity contribution in [2.75, 3.05) is 18.5 Å². The lowest BCUT2D eigenvalue weighted by molar-refractivity contribution is -0.132. The molecular weight excluding hydrogens is 312 g/mol. The van der Waals surface area contributed by atoms with Crippen LogP contribution in [0, 0.1) is 5.92 Å². The molecule has 1 amide bonds. The fourth-order valence-corrected chi connectivity index (χ4v) is 4.36. The van der Waals surface area contributed by atoms with Crippen molar-refractivity contribution in [2.45, 2.75) is 31.8 Å². The van der Waals surface area contributed by atoms with Crippen molar-refractivity contribution < 1.29 is 9.90 Å². The molecule has 0 spiro atoms. The zero-order valence-electron chi connectivity index (χ0n) is 14.5. The van der Waals surface area contributed by atoms with Gasteiger partial charge in [-0.3, -0.25) is 4.79 Å². The Bertz CT molecular complexity index is 775. The van der Waals surface area contributed by atoms with Gasteiger partial charge < -0.3 is 15.3 Å². The van der Waals surface area contributed by atoms with E-state index in [1.165, 1.54) is 11.1 Å². The number of aliphatic hydroxyl groups is 1. The Morgan fingerprint density at radius 2 is 2.00 bits per heavy atom. The smallest absolute Gasteiger partial charge is 0.222 e. The van der Waals surface area contributed by atoms with E-state index in [1.54, 1.807) is 0 Å². The largest absolute Gasteiger partial charge is 0.394 e. The number of benzene rings is 2. The number of hydrogen-bond donors (Lipinski definition) is 2. The van der Waals surface area contributed by atoms with E-state index >= 15 is 0 Å². The molecule has 25 heavy (non-hydrogen) atoms. The van der Waals surface area contributed by atoms with Crippen molar-refractivity contribution in [1.82, 2.24) is 4.90 Å². The number of likely N-dealkylation sites (tertiary alicyclic amines) is 1. The standard InChI is InChI=1S/C21H24N2O2/c1-2-20(25)23-11-10-16-19(13-24)22-18-9-8-15(12-17(18)21(16)23)14-6-4-3-5-7-14/h3-9,12,16,19,21-22,24H,2,10-11,13H2,1H3/t16-,19+,21-/m1/s1. The molecule has 4 nitrogen and oxygen atoms in total. The normalized spacial score (nSPS) is 24.4. The number of anilines is 1. The zero-order chi connectivity index (χ0) is 17.4. The lowest BCUT2D eigenvalue weighted by atomic mass is 9.82. The molecule has 0 radical (unpaired) electrons. The molecule has 130 valence electrons. The molecule has 2 N–H and O–H groups in total. The van der Waals surface area contributed by atoms with Crippen LogP contribution in [0.3, 0.4) is 0 Å². The molecule has 2 aliphatic heterocycles. The average Bonchev–Trinajstić information content (AvgIpc) is 3.12. The van der Waals surface area contributed by atoms with E-state index in [-0.39, 0.29) is 30.5 Å². The van der Waals surface area contributed by atoms with E-state index in [4.69, 9.17) is 0 Å². The van der Waals surface area contributed by atoms with E-state index < -0.39 is 0 Å². The van der Waals surface area contributed by atoms with Crippen LogP contribution >= 0.6 is 0 Å². The molecule has 0 aliphatic carbocycles. The highest BCUT2D eigenvalue weighted by molar-refractivity contribution is 5.78. The van der Waals surface area contributed by atoms with Crippen molar-refractivity contribution in [1.29, 1.82) is 0 Å². The second-order valence-corrected chi connectivity index (χ2v) is 6.94. The number of amides is 1. The van der Waals surface area contributed by atoms with Crippen LogP contribution < -0.4 is 5.32 Å². The first-order chi connectivity index (χ1) is 12.2. The predicted octanol–water partition coefficient (Wildman–Crippen LogP) is 3.44. The number of nitrogens with zero attached hydrogens (tertiary/aromatic N) is 1. The van der Waals surface area contributed by atoms with Crippen LogP contribution in [-0.2, 0) is 4.79 Å². The van der Waals surface area contributed by atoms with Gasteiger partial charge in [-0.1, -0.05) is 43.3 Å². The van der Waals surface area contributed by atoms with Crippen LogP contribution in [0.2, 0.25) is 0 Å². The minimum absolute atomic E-state index is 0.00901. The number of rotatable bonds is 3. The van der Waals surface area contributed by atoms with Crippen LogP contribution in [0.5, 0.6) is 0 Å². The SMILES string of the molecule is CCC(=O)N1CC[C@@H]2[C@H](CO)Nc3ccc(-c4ccccc4)cc3[C@@H]21. The van der Waals surface area contributed by atoms with Gasteiger partial charge >= 0.3 is 0 Å². The molecule has 0 bridgehead atoms. The quantitative estimate of drug-likeness (QED) is 0.903. The monoisotopic (exact) mass is 336 g/mol. The minimum atomic E-state index is 0.00901. The van der Waals surface area contributed by atoms with E-state index in [2.05, 4.69) is 35.6 Å². The molecular formula is C21H24N2O2. The van der Waals surface area contributed by atoms with E-state index in [0.29, 0.717) is 6.42 Å². The van der Waals surface area contributed by atoms with Gasteiger partial charge in [-0.25, -0.2) is 0 Å². The van der Waals surface area contributed by atoms with E-state index in [9.17, 15) is 9.90 Å². The summed E-state index contributed by atoms with van der Waals surface area (Å²) in [5, 5.41) is 13.3. The summed E-state index contributed by atoms with van der Waals surface area (Å²) in [5.74, 6) is 0.459. The van der Waals surface area contributed by atoms with Crippen LogP contribution in [0.25, 0.3) is 11.1 Å². The maximum atomic E-state index is 12.5. The van der Waals surface area contributed by atoms with Crippen molar-refractivity contribution in [3.8, 4) is 11.1 Å². The summed E-state index contributed by atoms with van der Waals surface area (Å²) < 4.78 is 0. The third-order valence-electron chi connectivity index (χ3n) is 5.60. The number of fused-ring (bicyclic) bond motifs is 3. The first-order valence-electron chi connectivity index (χ1n) is 9.09. The Balaban J connectivity index is 1.79. The maximum absolute atomic E-state index is 12.5. The fourth-order valence-electron chi connectivity index (χ4n) is 4.36. The molecule has 2 aromatic carbocycles. The van der Waals surface area contributed by atoms with Gasteiger partial charge in [-0.15, -0.1) is 0 Å². The summed E-state index contributed by atoms with van der Waals surface area (Å²) >= 11 is 0. The molecule has 1 fully saturated rings. The highest BCUT2D eigenvalue weighted by Crippen LogP contribution is 2.47. The molecule has 1 saturated heterocycles. The molecule has 0 aromatic heterocycles. The van der Waals surface area contributed by atoms with Crippen LogP contribution in [0.4, 0.5) is 5.69 Å². The van der Waals surface area contributed by atoms with Gasteiger partial charge in [-0.2, -0.15) is 0 Å². The van der Waals surface area contributed by atoms with Crippen LogP contribution in [-0.4, -0.2) is 35.1 Å². The minimum Gasteiger partial charge on any atom is -0.394 e. The summed E-state index contributed by atoms with van der Waals surface area (Å²) in [5.41, 5.74) is 4.56. The highest BCUT2D eigenvalue weighted by Gasteiger charge is 2.45. The molecule has 4 rings (SSSR count). The van der Waals surface area contributed by atoms with Crippen molar-refractivity contribution in [2.24, 2.45) is 5.92 Å². The van der Waals surface area contributed by atoms with Gasteiger partial charge in [0.05, 0.1) is 18.7 Å². The topological polar surface area (TPSA) is 52.6 Å². The average molecular weight is 336 g/mol. The van der Waals surface area contributed by atoms with Crippen molar-refractivity contribution in [3.05, 3.63) is 54.1 Å². The fraction of sp³-hybridized carbons (Fsp3) is 0.381. The lowest BCUT2D eigenvalue weighted by Gasteiger charge is -2.39. The van der Waals surface area contributed by atoms with Gasteiger partial charge in [0.2, 0.25) is 5.91 Å². The summed E-state index contributed by atoms with van der Waals surface area (Å²) in [7, 11) is 0. The zero-order valence-corrected chi connectivity index (χ0v) is 14.5. The molecule has 0 unspecified atom stereocenters. The van der Waals surface area contributed by atoms with E-state index in [1.807, 2.05) is 30.0 Å². The number of aliphatic hydroxyl groups excluding tert-OH is 1. The lowest BCUT2D eigenvalue weighted by Crippen LogP contribution is -2.42. The Kier molecular flexibility index (Phi) is 4.22. The first kappa shape index (κ1) is 16.2. The molecule has 2 aliphatic rings. The molecule has 0 saturated carbocycles. The van der Waals surface area contributed by atoms with Gasteiger partial charge in [-0.05, 0) is 35.2 Å². The summed E-state index contributed by atoms with van der Waals surface area (Å²) in [4.78, 5) is 14.5. The number of nitrogens with one attached hydrogen (secondary N) is 1. The summed E-state index contributed by atoms with van der Waals surface area (Å²) in [6, 6.07) is 16.8. The van der Waals surface area contributed by atoms with Gasteiger partial charge in [0.1, 0.15) is 0 Å². The van der Waals surface area contributed by atoms with Crippen molar-refractivity contribution >= 4 is 11.6 Å². The third-order valence-corrected chi connectivity index (χ3v) is 5.60. The second-order valence-electron chi connectivity index (χ2n) is 6.94. The number of carbonyl (C=O) groups excluding carboxylic acids is 1. The van der Waals surface area contributed by atoms with Gasteiger partial charge in [0.25, 0.3) is 0 Å². The first-order valence-corrected chi connectivity index (χ1v) is 9.09. The van der Waals surface area contributed by atoms with Crippen molar-refractivity contribution in [3.63, 3.8) is 0 Å². The third kappa shape index (κ3) is 2.71. The van der Waals surface area contributed by atoms with E-state index in [0.717, 1.165) is 24.2 Å². The summed E-state index contributed by atoms with van der Waals surface area (Å²) in [6.45, 7) is 2.78. The van der Waals surface area contributed by atoms with Gasteiger partial charge in [0.15, 0.2) is 0 Å². The number of hydrogen-bond acceptors (Lipinski definition) is 3. The maximum Gasteiger partial charge on any atom is 0.222 e. The Morgan fingerprint density at radius 3 is 2.72 bits per heavy atom. The molecule has 2 heterocycles. The second kappa shape index (κ2) is 6.52. The molecule has 2 aromatic rings. The van der Waals surface area contributed by atoms with Crippen LogP contribution in [0.15, 0.2) is 48.5 Å². The highest BCUT2D eigenvalue weighted by atomic mass is 16.3. The predicted molar refractivity (Wildman–Crippen MR) is 99.2 cm³/mol. The molecule has 3 atom stereocenters. The van der Waals surface area contributed by atoms with Gasteiger partial charge in [0, 0.05) is 24.6 Å². The Labute approximate surface area is 148 Å².